The molecule has 2 unspecified atom stereocenters. The number of piperidine rings is 1. The fourth-order valence-electron chi connectivity index (χ4n) is 3.30. The largest absolute Gasteiger partial charge is 0.468 e. The summed E-state index contributed by atoms with van der Waals surface area (Å²) in [5, 5.41) is -1.34. The van der Waals surface area contributed by atoms with E-state index in [0.717, 1.165) is 17.1 Å². The number of carbonyl (C=O) groups excluding carboxylic acids is 2. The molecule has 2 atom stereocenters. The average molecular weight is 383 g/mol. The molecule has 1 aromatic carbocycles. The first-order valence-electron chi connectivity index (χ1n) is 8.72. The highest BCUT2D eigenvalue weighted by atomic mass is 32.2. The SMILES string of the molecule is CCCC1CCCN(S(=O)(=O)C(=O)OCc2ccccc2)C1C(=O)OC. The number of ether oxygens (including phenoxy) is 2. The van der Waals surface area contributed by atoms with Crippen molar-refractivity contribution in [1.29, 1.82) is 0 Å². The molecule has 0 bridgehead atoms. The van der Waals surface area contributed by atoms with Crippen molar-refractivity contribution in [2.45, 2.75) is 45.3 Å². The molecule has 0 radical (unpaired) electrons. The van der Waals surface area contributed by atoms with Crippen LogP contribution < -0.4 is 0 Å². The Morgan fingerprint density at radius 2 is 1.92 bits per heavy atom. The van der Waals surface area contributed by atoms with Crippen molar-refractivity contribution in [3.63, 3.8) is 0 Å². The third-order valence-corrected chi connectivity index (χ3v) is 6.10. The maximum Gasteiger partial charge on any atom is 0.440 e. The maximum absolute atomic E-state index is 12.7. The van der Waals surface area contributed by atoms with E-state index < -0.39 is 27.3 Å². The Balaban J connectivity index is 2.17. The van der Waals surface area contributed by atoms with Gasteiger partial charge in [-0.05, 0) is 30.7 Å². The van der Waals surface area contributed by atoms with Crippen molar-refractivity contribution in [3.05, 3.63) is 35.9 Å². The van der Waals surface area contributed by atoms with Crippen molar-refractivity contribution in [3.8, 4) is 0 Å². The first-order chi connectivity index (χ1) is 12.4. The summed E-state index contributed by atoms with van der Waals surface area (Å²) < 4.78 is 36.2. The summed E-state index contributed by atoms with van der Waals surface area (Å²) in [4.78, 5) is 24.5. The van der Waals surface area contributed by atoms with E-state index in [1.165, 1.54) is 7.11 Å². The highest BCUT2D eigenvalue weighted by molar-refractivity contribution is 8.03. The van der Waals surface area contributed by atoms with E-state index in [4.69, 9.17) is 9.47 Å². The van der Waals surface area contributed by atoms with Crippen LogP contribution in [0.5, 0.6) is 0 Å². The molecule has 0 aliphatic carbocycles. The summed E-state index contributed by atoms with van der Waals surface area (Å²) in [6, 6.07) is 7.83. The molecule has 7 nitrogen and oxygen atoms in total. The predicted molar refractivity (Wildman–Crippen MR) is 95.7 cm³/mol. The number of esters is 1. The summed E-state index contributed by atoms with van der Waals surface area (Å²) in [6.07, 6.45) is 2.80. The average Bonchev–Trinajstić information content (AvgIpc) is 2.66. The van der Waals surface area contributed by atoms with Gasteiger partial charge >= 0.3 is 21.3 Å². The molecule has 1 aromatic rings. The number of benzene rings is 1. The number of hydrogen-bond acceptors (Lipinski definition) is 6. The van der Waals surface area contributed by atoms with Crippen molar-refractivity contribution >= 4 is 21.3 Å². The first kappa shape index (κ1) is 20.4. The summed E-state index contributed by atoms with van der Waals surface area (Å²) >= 11 is 0. The minimum absolute atomic E-state index is 0.1000. The van der Waals surface area contributed by atoms with Gasteiger partial charge in [-0.1, -0.05) is 43.7 Å². The molecule has 1 heterocycles. The monoisotopic (exact) mass is 383 g/mol. The molecule has 8 heteroatoms. The lowest BCUT2D eigenvalue weighted by molar-refractivity contribution is -0.148. The van der Waals surface area contributed by atoms with Crippen molar-refractivity contribution < 1.29 is 27.5 Å². The number of methoxy groups -OCH3 is 1. The van der Waals surface area contributed by atoms with E-state index in [-0.39, 0.29) is 19.1 Å². The van der Waals surface area contributed by atoms with Crippen LogP contribution in [0, 0.1) is 5.92 Å². The first-order valence-corrected chi connectivity index (χ1v) is 10.2. The summed E-state index contributed by atoms with van der Waals surface area (Å²) in [6.45, 7) is 1.92. The summed E-state index contributed by atoms with van der Waals surface area (Å²) in [5.74, 6) is -0.805. The van der Waals surface area contributed by atoms with E-state index in [9.17, 15) is 18.0 Å². The molecule has 2 rings (SSSR count). The van der Waals surface area contributed by atoms with E-state index in [2.05, 4.69) is 0 Å². The number of rotatable bonds is 6. The van der Waals surface area contributed by atoms with Gasteiger partial charge in [0.15, 0.2) is 0 Å². The predicted octanol–water partition coefficient (Wildman–Crippen LogP) is 2.71. The lowest BCUT2D eigenvalue weighted by Gasteiger charge is -2.37. The zero-order valence-electron chi connectivity index (χ0n) is 15.1. The van der Waals surface area contributed by atoms with Crippen LogP contribution in [0.1, 0.15) is 38.2 Å². The van der Waals surface area contributed by atoms with Gasteiger partial charge in [0, 0.05) is 6.54 Å². The number of hydrogen-bond donors (Lipinski definition) is 0. The molecule has 0 spiro atoms. The zero-order valence-corrected chi connectivity index (χ0v) is 15.9. The van der Waals surface area contributed by atoms with Crippen LogP contribution in [-0.2, 0) is 30.9 Å². The molecular formula is C18H25NO6S. The molecule has 0 saturated carbocycles. The Morgan fingerprint density at radius 1 is 1.23 bits per heavy atom. The van der Waals surface area contributed by atoms with Crippen molar-refractivity contribution in [2.24, 2.45) is 5.92 Å². The molecule has 1 aliphatic heterocycles. The molecule has 0 aromatic heterocycles. The number of nitrogens with zero attached hydrogens (tertiary/aromatic N) is 1. The molecule has 0 N–H and O–H groups in total. The molecule has 144 valence electrons. The third kappa shape index (κ3) is 4.62. The van der Waals surface area contributed by atoms with E-state index in [1.54, 1.807) is 24.3 Å². The summed E-state index contributed by atoms with van der Waals surface area (Å²) in [5.41, 5.74) is 0.683. The fraction of sp³-hybridized carbons (Fsp3) is 0.556. The van der Waals surface area contributed by atoms with E-state index in [0.29, 0.717) is 18.4 Å². The number of sulfonamides is 1. The van der Waals surface area contributed by atoms with Crippen LogP contribution in [0.15, 0.2) is 30.3 Å². The van der Waals surface area contributed by atoms with Gasteiger partial charge in [-0.3, -0.25) is 4.79 Å². The van der Waals surface area contributed by atoms with Gasteiger partial charge in [-0.15, -0.1) is 0 Å². The minimum atomic E-state index is -4.42. The lowest BCUT2D eigenvalue weighted by atomic mass is 9.87. The Bertz CT molecular complexity index is 716. The lowest BCUT2D eigenvalue weighted by Crippen LogP contribution is -2.54. The zero-order chi connectivity index (χ0) is 19.2. The minimum Gasteiger partial charge on any atom is -0.468 e. The Kier molecular flexibility index (Phi) is 7.16. The van der Waals surface area contributed by atoms with Crippen molar-refractivity contribution in [1.82, 2.24) is 4.31 Å². The van der Waals surface area contributed by atoms with Gasteiger partial charge in [0.25, 0.3) is 0 Å². The quantitative estimate of drug-likeness (QED) is 0.702. The van der Waals surface area contributed by atoms with Gasteiger partial charge in [0.2, 0.25) is 0 Å². The van der Waals surface area contributed by atoms with E-state index >= 15 is 0 Å². The van der Waals surface area contributed by atoms with Crippen LogP contribution in [0.4, 0.5) is 4.79 Å². The smallest absolute Gasteiger partial charge is 0.440 e. The van der Waals surface area contributed by atoms with Crippen LogP contribution >= 0.6 is 0 Å². The normalized spacial score (nSPS) is 21.2. The standard InChI is InChI=1S/C18H25NO6S/c1-3-8-15-11-7-12-19(16(15)17(20)24-2)26(22,23)18(21)25-13-14-9-5-4-6-10-14/h4-6,9-10,15-16H,3,7-8,11-13H2,1-2H3. The molecule has 1 fully saturated rings. The molecule has 1 saturated heterocycles. The van der Waals surface area contributed by atoms with Crippen LogP contribution in [0.25, 0.3) is 0 Å². The Morgan fingerprint density at radius 3 is 2.54 bits per heavy atom. The van der Waals surface area contributed by atoms with Gasteiger partial charge in [-0.25, -0.2) is 4.79 Å². The Labute approximate surface area is 154 Å². The molecular weight excluding hydrogens is 358 g/mol. The second-order valence-corrected chi connectivity index (χ2v) is 8.05. The Hall–Kier alpha value is -1.93. The van der Waals surface area contributed by atoms with Crippen LogP contribution in [-0.4, -0.2) is 43.7 Å². The van der Waals surface area contributed by atoms with Gasteiger partial charge in [0.05, 0.1) is 7.11 Å². The molecule has 26 heavy (non-hydrogen) atoms. The highest BCUT2D eigenvalue weighted by Gasteiger charge is 2.46. The second kappa shape index (κ2) is 9.14. The van der Waals surface area contributed by atoms with E-state index in [1.807, 2.05) is 13.0 Å². The maximum atomic E-state index is 12.7. The van der Waals surface area contributed by atoms with Crippen LogP contribution in [0.3, 0.4) is 0 Å². The molecule has 1 aliphatic rings. The summed E-state index contributed by atoms with van der Waals surface area (Å²) in [7, 11) is -3.20. The molecule has 0 amide bonds. The second-order valence-electron chi connectivity index (χ2n) is 6.30. The topological polar surface area (TPSA) is 90.0 Å². The van der Waals surface area contributed by atoms with Gasteiger partial charge in [0.1, 0.15) is 12.6 Å². The fourth-order valence-corrected chi connectivity index (χ4v) is 4.63. The van der Waals surface area contributed by atoms with Crippen molar-refractivity contribution in [2.75, 3.05) is 13.7 Å². The van der Waals surface area contributed by atoms with Gasteiger partial charge < -0.3 is 9.47 Å². The number of carbonyl (C=O) groups is 2. The van der Waals surface area contributed by atoms with Crippen LogP contribution in [0.2, 0.25) is 0 Å². The third-order valence-electron chi connectivity index (χ3n) is 4.53. The highest BCUT2D eigenvalue weighted by Crippen LogP contribution is 2.31. The van der Waals surface area contributed by atoms with Gasteiger partial charge in [-0.2, -0.15) is 12.7 Å².